The zero-order valence-corrected chi connectivity index (χ0v) is 65.5. The first kappa shape index (κ1) is 94.7. The summed E-state index contributed by atoms with van der Waals surface area (Å²) in [5, 5.41) is 0. The van der Waals surface area contributed by atoms with Gasteiger partial charge in [0.25, 0.3) is 0 Å². The van der Waals surface area contributed by atoms with E-state index in [1.807, 2.05) is 0 Å². The Kier molecular flexibility index (Phi) is 80.7. The van der Waals surface area contributed by atoms with Crippen LogP contribution in [-0.2, 0) is 32.7 Å². The fraction of sp³-hybridized carbons (Fsp3) is 0.862. The van der Waals surface area contributed by atoms with E-state index in [0.29, 0.717) is 6.42 Å². The molecule has 0 fully saturated rings. The minimum Gasteiger partial charge on any atom is -0.462 e. The summed E-state index contributed by atoms with van der Waals surface area (Å²) < 4.78 is 33.3. The van der Waals surface area contributed by atoms with E-state index in [9.17, 15) is 19.0 Å². The molecule has 2 atom stereocenters. The molecule has 570 valence electrons. The number of allylic oxidation sites excluding steroid dienone is 10. The number of hydrogen-bond acceptors (Lipinski definition) is 8. The van der Waals surface area contributed by atoms with Crippen molar-refractivity contribution in [2.24, 2.45) is 5.73 Å². The molecular formula is C87H164NO8P. The molecule has 0 bridgehead atoms. The summed E-state index contributed by atoms with van der Waals surface area (Å²) in [7, 11) is -4.40. The number of carbonyl (C=O) groups excluding carboxylic acids is 2. The van der Waals surface area contributed by atoms with Crippen LogP contribution in [0.4, 0.5) is 0 Å². The van der Waals surface area contributed by atoms with Gasteiger partial charge in [0.15, 0.2) is 6.10 Å². The topological polar surface area (TPSA) is 134 Å². The SMILES string of the molecule is CCCCCCC/C=C\C/C=C\C/C=C\CCCCCCCCCCCCCCCCCCCCCCCCCCC(=O)OC(COC(=O)CCCCCCCCCCCCCCCCCCCCCCCCCCC/C=C\C/C=C\CCCCCCC)COP(=O)(O)OCCN. The molecule has 0 rings (SSSR count). The maximum Gasteiger partial charge on any atom is 0.472 e. The zero-order valence-electron chi connectivity index (χ0n) is 64.6. The van der Waals surface area contributed by atoms with Gasteiger partial charge in [-0.05, 0) is 83.5 Å². The molecule has 0 amide bonds. The summed E-state index contributed by atoms with van der Waals surface area (Å²) in [5.41, 5.74) is 5.42. The van der Waals surface area contributed by atoms with Gasteiger partial charge in [0.2, 0.25) is 0 Å². The quantitative estimate of drug-likeness (QED) is 0.0264. The van der Waals surface area contributed by atoms with Crippen LogP contribution in [0, 0.1) is 0 Å². The molecule has 0 aliphatic carbocycles. The second-order valence-electron chi connectivity index (χ2n) is 29.1. The van der Waals surface area contributed by atoms with Gasteiger partial charge >= 0.3 is 19.8 Å². The Morgan fingerprint density at radius 2 is 0.536 bits per heavy atom. The molecule has 0 saturated heterocycles. The number of hydrogen-bond donors (Lipinski definition) is 2. The van der Waals surface area contributed by atoms with Crippen LogP contribution in [0.1, 0.15) is 450 Å². The number of ether oxygens (including phenoxy) is 2. The Labute approximate surface area is 603 Å². The van der Waals surface area contributed by atoms with Crippen molar-refractivity contribution in [1.82, 2.24) is 0 Å². The Hall–Kier alpha value is -2.29. The molecule has 9 nitrogen and oxygen atoms in total. The van der Waals surface area contributed by atoms with Crippen LogP contribution in [0.15, 0.2) is 60.8 Å². The first-order chi connectivity index (χ1) is 47.8. The molecule has 10 heteroatoms. The molecule has 0 aliphatic rings. The number of rotatable bonds is 82. The third-order valence-corrected chi connectivity index (χ3v) is 20.4. The van der Waals surface area contributed by atoms with E-state index in [1.165, 1.54) is 366 Å². The van der Waals surface area contributed by atoms with E-state index in [0.717, 1.165) is 51.4 Å². The first-order valence-corrected chi connectivity index (χ1v) is 44.3. The van der Waals surface area contributed by atoms with Gasteiger partial charge < -0.3 is 20.1 Å². The van der Waals surface area contributed by atoms with Crippen LogP contribution in [0.3, 0.4) is 0 Å². The van der Waals surface area contributed by atoms with Crippen LogP contribution in [0.2, 0.25) is 0 Å². The summed E-state index contributed by atoms with van der Waals surface area (Å²) in [6.07, 6.45) is 110. The maximum absolute atomic E-state index is 12.8. The average Bonchev–Trinajstić information content (AvgIpc) is 2.88. The minimum absolute atomic E-state index is 0.0559. The molecule has 2 unspecified atom stereocenters. The van der Waals surface area contributed by atoms with Crippen molar-refractivity contribution in [3.05, 3.63) is 60.8 Å². The third-order valence-electron chi connectivity index (χ3n) is 19.4. The predicted molar refractivity (Wildman–Crippen MR) is 423 cm³/mol. The zero-order chi connectivity index (χ0) is 70.0. The Morgan fingerprint density at radius 3 is 0.794 bits per heavy atom. The number of phosphoric ester groups is 1. The molecule has 0 spiro atoms. The standard InChI is InChI=1S/C87H164NO8P/c1-3-5-7-9-11-13-15-17-19-21-23-25-27-29-31-33-35-37-39-41-42-44-46-48-50-52-54-56-58-60-62-64-66-68-70-72-74-76-78-80-87(90)96-85(84-95-97(91,92)94-82-81-88)83-93-86(89)79-77-75-73-71-69-67-65-63-61-59-57-55-53-51-49-47-45-43-40-38-36-34-32-30-28-26-24-22-20-18-16-14-12-10-8-6-4-2/h15-18,21-24,27,29,85H,3-14,19-20,25-26,28,30-84,88H2,1-2H3,(H,91,92)/b17-15-,18-16-,23-21-,24-22-,29-27-. The lowest BCUT2D eigenvalue weighted by atomic mass is 10.0. The number of carbonyl (C=O) groups is 2. The molecule has 0 aromatic rings. The van der Waals surface area contributed by atoms with Gasteiger partial charge in [0.05, 0.1) is 13.2 Å². The number of phosphoric acid groups is 1. The minimum atomic E-state index is -4.40. The molecule has 97 heavy (non-hydrogen) atoms. The molecule has 3 N–H and O–H groups in total. The van der Waals surface area contributed by atoms with Crippen molar-refractivity contribution in [2.75, 3.05) is 26.4 Å². The van der Waals surface area contributed by atoms with Gasteiger partial charge in [0.1, 0.15) is 6.61 Å². The van der Waals surface area contributed by atoms with Gasteiger partial charge in [-0.15, -0.1) is 0 Å². The monoisotopic (exact) mass is 1380 g/mol. The lowest BCUT2D eigenvalue weighted by Crippen LogP contribution is -2.29. The fourth-order valence-electron chi connectivity index (χ4n) is 13.0. The predicted octanol–water partition coefficient (Wildman–Crippen LogP) is 28.9. The Balaban J connectivity index is 3.73. The average molecular weight is 1380 g/mol. The molecular weight excluding hydrogens is 1220 g/mol. The number of nitrogens with two attached hydrogens (primary N) is 1. The Morgan fingerprint density at radius 1 is 0.309 bits per heavy atom. The normalized spacial score (nSPS) is 13.1. The van der Waals surface area contributed by atoms with E-state index in [2.05, 4.69) is 74.6 Å². The third kappa shape index (κ3) is 82.6. The summed E-state index contributed by atoms with van der Waals surface area (Å²) in [6.45, 7) is 3.80. The second kappa shape index (κ2) is 82.7. The maximum atomic E-state index is 12.8. The molecule has 0 saturated carbocycles. The lowest BCUT2D eigenvalue weighted by Gasteiger charge is -2.19. The van der Waals surface area contributed by atoms with Crippen LogP contribution in [0.25, 0.3) is 0 Å². The lowest BCUT2D eigenvalue weighted by molar-refractivity contribution is -0.161. The van der Waals surface area contributed by atoms with Gasteiger partial charge in [-0.3, -0.25) is 18.6 Å². The fourth-order valence-corrected chi connectivity index (χ4v) is 13.8. The van der Waals surface area contributed by atoms with Crippen molar-refractivity contribution in [1.29, 1.82) is 0 Å². The van der Waals surface area contributed by atoms with Crippen LogP contribution >= 0.6 is 7.82 Å². The van der Waals surface area contributed by atoms with Gasteiger partial charge in [-0.1, -0.05) is 415 Å². The summed E-state index contributed by atoms with van der Waals surface area (Å²) in [6, 6.07) is 0. The van der Waals surface area contributed by atoms with Gasteiger partial charge in [-0.25, -0.2) is 4.57 Å². The second-order valence-corrected chi connectivity index (χ2v) is 30.5. The largest absolute Gasteiger partial charge is 0.472 e. The van der Waals surface area contributed by atoms with Crippen molar-refractivity contribution in [3.8, 4) is 0 Å². The molecule has 0 radical (unpaired) electrons. The summed E-state index contributed by atoms with van der Waals surface area (Å²) in [5.74, 6) is -0.801. The van der Waals surface area contributed by atoms with Crippen LogP contribution < -0.4 is 5.73 Å². The number of esters is 2. The number of unbranched alkanes of at least 4 members (excludes halogenated alkanes) is 59. The van der Waals surface area contributed by atoms with Crippen molar-refractivity contribution < 1.29 is 37.6 Å². The van der Waals surface area contributed by atoms with E-state index in [1.54, 1.807) is 0 Å². The highest BCUT2D eigenvalue weighted by Crippen LogP contribution is 2.43. The van der Waals surface area contributed by atoms with E-state index in [4.69, 9.17) is 24.3 Å². The Bertz CT molecular complexity index is 1780. The van der Waals surface area contributed by atoms with E-state index < -0.39 is 26.5 Å². The molecule has 0 aliphatic heterocycles. The summed E-state index contributed by atoms with van der Waals surface area (Å²) in [4.78, 5) is 35.5. The molecule has 0 aromatic carbocycles. The van der Waals surface area contributed by atoms with Crippen molar-refractivity contribution in [3.63, 3.8) is 0 Å². The highest BCUT2D eigenvalue weighted by Gasteiger charge is 2.26. The molecule has 0 aromatic heterocycles. The van der Waals surface area contributed by atoms with Crippen LogP contribution in [0.5, 0.6) is 0 Å². The first-order valence-electron chi connectivity index (χ1n) is 42.8. The van der Waals surface area contributed by atoms with E-state index in [-0.39, 0.29) is 38.6 Å². The van der Waals surface area contributed by atoms with Crippen molar-refractivity contribution in [2.45, 2.75) is 457 Å². The van der Waals surface area contributed by atoms with E-state index >= 15 is 0 Å². The van der Waals surface area contributed by atoms with Gasteiger partial charge in [-0.2, -0.15) is 0 Å². The van der Waals surface area contributed by atoms with Crippen molar-refractivity contribution >= 4 is 19.8 Å². The smallest absolute Gasteiger partial charge is 0.462 e. The summed E-state index contributed by atoms with van der Waals surface area (Å²) >= 11 is 0. The highest BCUT2D eigenvalue weighted by atomic mass is 31.2. The molecule has 0 heterocycles. The highest BCUT2D eigenvalue weighted by molar-refractivity contribution is 7.47. The van der Waals surface area contributed by atoms with Crippen LogP contribution in [-0.4, -0.2) is 49.3 Å². The van der Waals surface area contributed by atoms with Gasteiger partial charge in [0, 0.05) is 19.4 Å².